The summed E-state index contributed by atoms with van der Waals surface area (Å²) in [6, 6.07) is 10.1. The monoisotopic (exact) mass is 396 g/mol. The molecule has 7 heteroatoms. The summed E-state index contributed by atoms with van der Waals surface area (Å²) in [5.41, 5.74) is 9.70. The maximum Gasteiger partial charge on any atom is 0.252 e. The molecule has 2 aromatic rings. The number of benzene rings is 1. The fourth-order valence-electron chi connectivity index (χ4n) is 2.68. The van der Waals surface area contributed by atoms with Gasteiger partial charge in [-0.1, -0.05) is 12.1 Å². The summed E-state index contributed by atoms with van der Waals surface area (Å²) >= 11 is 0. The molecule has 1 aromatic carbocycles. The molecule has 0 radical (unpaired) electrons. The predicted molar refractivity (Wildman–Crippen MR) is 112 cm³/mol. The largest absolute Gasteiger partial charge is 0.378 e. The fraction of sp³-hybridized carbons (Fsp3) is 0.368. The van der Waals surface area contributed by atoms with Gasteiger partial charge in [-0.2, -0.15) is 0 Å². The Kier molecular flexibility index (Phi) is 8.34. The molecule has 0 spiro atoms. The first-order chi connectivity index (χ1) is 11.5. The molecule has 26 heavy (non-hydrogen) atoms. The minimum Gasteiger partial charge on any atom is -0.378 e. The molecule has 1 atom stereocenters. The van der Waals surface area contributed by atoms with Gasteiger partial charge in [0, 0.05) is 50.3 Å². The fourth-order valence-corrected chi connectivity index (χ4v) is 2.68. The average molecular weight is 397 g/mol. The molecule has 1 fully saturated rings. The minimum absolute atomic E-state index is 0. The lowest BCUT2D eigenvalue weighted by molar-refractivity contribution is 0.0950. The van der Waals surface area contributed by atoms with Gasteiger partial charge in [-0.3, -0.25) is 9.78 Å². The second kappa shape index (κ2) is 9.76. The number of carbonyl (C=O) groups is 1. The Hall–Kier alpha value is -1.82. The second-order valence-corrected chi connectivity index (χ2v) is 6.61. The second-order valence-electron chi connectivity index (χ2n) is 6.61. The van der Waals surface area contributed by atoms with Crippen molar-refractivity contribution in [2.24, 2.45) is 11.7 Å². The van der Waals surface area contributed by atoms with Crippen LogP contribution in [0, 0.1) is 5.92 Å². The molecule has 1 unspecified atom stereocenters. The molecular weight excluding hydrogens is 371 g/mol. The topological polar surface area (TPSA) is 71.2 Å². The summed E-state index contributed by atoms with van der Waals surface area (Å²) in [5.74, 6) is 0.454. The highest BCUT2D eigenvalue weighted by molar-refractivity contribution is 5.95. The highest BCUT2D eigenvalue weighted by Gasteiger charge is 2.28. The van der Waals surface area contributed by atoms with E-state index in [-0.39, 0.29) is 36.8 Å². The normalized spacial score (nSPS) is 13.8. The van der Waals surface area contributed by atoms with Crippen LogP contribution < -0.4 is 16.0 Å². The lowest BCUT2D eigenvalue weighted by Gasteiger charge is -2.13. The number of nitrogens with one attached hydrogen (secondary N) is 1. The number of halogens is 2. The number of hydrogen-bond donors (Lipinski definition) is 2. The molecule has 5 nitrogen and oxygen atoms in total. The van der Waals surface area contributed by atoms with Crippen LogP contribution >= 0.6 is 24.8 Å². The van der Waals surface area contributed by atoms with Crippen LogP contribution in [0.25, 0.3) is 11.1 Å². The van der Waals surface area contributed by atoms with Gasteiger partial charge in [0.2, 0.25) is 0 Å². The Labute approximate surface area is 167 Å². The number of anilines is 1. The van der Waals surface area contributed by atoms with Crippen molar-refractivity contribution >= 4 is 36.4 Å². The van der Waals surface area contributed by atoms with Crippen LogP contribution in [0.3, 0.4) is 0 Å². The van der Waals surface area contributed by atoms with E-state index < -0.39 is 0 Å². The van der Waals surface area contributed by atoms with Crippen LogP contribution in [-0.4, -0.2) is 37.6 Å². The number of hydrogen-bond acceptors (Lipinski definition) is 4. The third-order valence-electron chi connectivity index (χ3n) is 4.44. The average Bonchev–Trinajstić information content (AvgIpc) is 3.44. The summed E-state index contributed by atoms with van der Waals surface area (Å²) in [4.78, 5) is 18.6. The highest BCUT2D eigenvalue weighted by Crippen LogP contribution is 2.31. The minimum atomic E-state index is -0.120. The van der Waals surface area contributed by atoms with Gasteiger partial charge in [0.05, 0.1) is 5.56 Å². The number of nitrogens with two attached hydrogens (primary N) is 1. The molecule has 0 saturated heterocycles. The van der Waals surface area contributed by atoms with E-state index in [1.807, 2.05) is 32.3 Å². The molecular formula is C19H26Cl2N4O. The van der Waals surface area contributed by atoms with Crippen LogP contribution in [0.2, 0.25) is 0 Å². The van der Waals surface area contributed by atoms with E-state index in [9.17, 15) is 4.79 Å². The van der Waals surface area contributed by atoms with Gasteiger partial charge in [0.15, 0.2) is 0 Å². The molecule has 0 bridgehead atoms. The SMILES string of the molecule is CN(C)c1ccc(-c2cncc(C(=O)NCC(N)C3CC3)c2)cc1.Cl.Cl. The van der Waals surface area contributed by atoms with Crippen molar-refractivity contribution < 1.29 is 4.79 Å². The first-order valence-corrected chi connectivity index (χ1v) is 8.31. The van der Waals surface area contributed by atoms with E-state index in [1.54, 1.807) is 12.4 Å². The van der Waals surface area contributed by atoms with E-state index >= 15 is 0 Å². The van der Waals surface area contributed by atoms with Crippen molar-refractivity contribution in [2.45, 2.75) is 18.9 Å². The quantitative estimate of drug-likeness (QED) is 0.786. The van der Waals surface area contributed by atoms with Gasteiger partial charge >= 0.3 is 0 Å². The molecule has 142 valence electrons. The van der Waals surface area contributed by atoms with Gasteiger partial charge < -0.3 is 16.0 Å². The van der Waals surface area contributed by atoms with Crippen LogP contribution in [0.5, 0.6) is 0 Å². The molecule has 1 saturated carbocycles. The summed E-state index contributed by atoms with van der Waals surface area (Å²) in [6.45, 7) is 0.519. The maximum atomic E-state index is 12.3. The summed E-state index contributed by atoms with van der Waals surface area (Å²) in [6.07, 6.45) is 5.72. The van der Waals surface area contributed by atoms with E-state index in [0.717, 1.165) is 16.8 Å². The van der Waals surface area contributed by atoms with E-state index in [1.165, 1.54) is 12.8 Å². The van der Waals surface area contributed by atoms with Crippen molar-refractivity contribution in [3.05, 3.63) is 48.3 Å². The molecule has 1 aliphatic carbocycles. The lowest BCUT2D eigenvalue weighted by atomic mass is 10.1. The van der Waals surface area contributed by atoms with Gasteiger partial charge in [-0.25, -0.2) is 0 Å². The molecule has 1 aromatic heterocycles. The Bertz CT molecular complexity index is 718. The Morgan fingerprint density at radius 2 is 1.85 bits per heavy atom. The van der Waals surface area contributed by atoms with Crippen molar-refractivity contribution in [3.8, 4) is 11.1 Å². The van der Waals surface area contributed by atoms with Gasteiger partial charge in [0.1, 0.15) is 0 Å². The molecule has 0 aliphatic heterocycles. The molecule has 1 heterocycles. The van der Waals surface area contributed by atoms with E-state index in [4.69, 9.17) is 5.73 Å². The number of pyridine rings is 1. The van der Waals surface area contributed by atoms with Crippen LogP contribution in [0.4, 0.5) is 5.69 Å². The molecule has 3 rings (SSSR count). The number of carbonyl (C=O) groups excluding carboxylic acids is 1. The molecule has 1 aliphatic rings. The van der Waals surface area contributed by atoms with Crippen LogP contribution in [-0.2, 0) is 0 Å². The zero-order chi connectivity index (χ0) is 17.1. The predicted octanol–water partition coefficient (Wildman–Crippen LogP) is 3.13. The number of aromatic nitrogens is 1. The maximum absolute atomic E-state index is 12.3. The van der Waals surface area contributed by atoms with Crippen LogP contribution in [0.1, 0.15) is 23.2 Å². The number of rotatable bonds is 6. The standard InChI is InChI=1S/C19H24N4O.2ClH/c1-23(2)17-7-5-13(6-8-17)15-9-16(11-21-10-15)19(24)22-12-18(20)14-3-4-14;;/h5-11,14,18H,3-4,12,20H2,1-2H3,(H,22,24);2*1H. The third kappa shape index (κ3) is 5.59. The highest BCUT2D eigenvalue weighted by atomic mass is 35.5. The van der Waals surface area contributed by atoms with E-state index in [2.05, 4.69) is 27.3 Å². The lowest BCUT2D eigenvalue weighted by Crippen LogP contribution is -2.38. The zero-order valence-corrected chi connectivity index (χ0v) is 16.6. The molecule has 3 N–H and O–H groups in total. The number of amides is 1. The van der Waals surface area contributed by atoms with Gasteiger partial charge in [0.25, 0.3) is 5.91 Å². The van der Waals surface area contributed by atoms with E-state index in [0.29, 0.717) is 18.0 Å². The van der Waals surface area contributed by atoms with Crippen LogP contribution in [0.15, 0.2) is 42.7 Å². The Morgan fingerprint density at radius 1 is 1.19 bits per heavy atom. The van der Waals surface area contributed by atoms with Crippen molar-refractivity contribution in [1.82, 2.24) is 10.3 Å². The first-order valence-electron chi connectivity index (χ1n) is 8.31. The first kappa shape index (κ1) is 22.2. The van der Waals surface area contributed by atoms with Crippen molar-refractivity contribution in [2.75, 3.05) is 25.5 Å². The molecule has 1 amide bonds. The zero-order valence-electron chi connectivity index (χ0n) is 15.0. The third-order valence-corrected chi connectivity index (χ3v) is 4.44. The summed E-state index contributed by atoms with van der Waals surface area (Å²) < 4.78 is 0. The summed E-state index contributed by atoms with van der Waals surface area (Å²) in [7, 11) is 4.02. The smallest absolute Gasteiger partial charge is 0.252 e. The summed E-state index contributed by atoms with van der Waals surface area (Å²) in [5, 5.41) is 2.91. The Balaban J connectivity index is 0.00000169. The van der Waals surface area contributed by atoms with Crippen molar-refractivity contribution in [3.63, 3.8) is 0 Å². The Morgan fingerprint density at radius 3 is 2.42 bits per heavy atom. The number of nitrogens with zero attached hydrogens (tertiary/aromatic N) is 2. The van der Waals surface area contributed by atoms with Gasteiger partial charge in [-0.05, 0) is 42.5 Å². The van der Waals surface area contributed by atoms with Crippen molar-refractivity contribution in [1.29, 1.82) is 0 Å². The van der Waals surface area contributed by atoms with Gasteiger partial charge in [-0.15, -0.1) is 24.8 Å².